The quantitative estimate of drug-likeness (QED) is 0.666. The third-order valence-corrected chi connectivity index (χ3v) is 3.97. The van der Waals surface area contributed by atoms with Crippen molar-refractivity contribution in [1.29, 1.82) is 0 Å². The maximum atomic E-state index is 10.7. The molecule has 0 amide bonds. The van der Waals surface area contributed by atoms with Gasteiger partial charge in [-0.3, -0.25) is 4.79 Å². The Balaban J connectivity index is 1.72. The van der Waals surface area contributed by atoms with Crippen molar-refractivity contribution in [2.24, 2.45) is 0 Å². The summed E-state index contributed by atoms with van der Waals surface area (Å²) in [6.07, 6.45) is 0.678. The first-order valence-corrected chi connectivity index (χ1v) is 8.28. The lowest BCUT2D eigenvalue weighted by Gasteiger charge is -2.09. The molecule has 3 aromatic rings. The van der Waals surface area contributed by atoms with Crippen LogP contribution in [0.5, 0.6) is 5.75 Å². The van der Waals surface area contributed by atoms with E-state index in [0.717, 1.165) is 28.0 Å². The lowest BCUT2D eigenvalue weighted by Crippen LogP contribution is -1.97. The van der Waals surface area contributed by atoms with Gasteiger partial charge < -0.3 is 9.84 Å². The predicted molar refractivity (Wildman–Crippen MR) is 98.6 cm³/mol. The van der Waals surface area contributed by atoms with Crippen LogP contribution in [-0.4, -0.2) is 11.1 Å². The largest absolute Gasteiger partial charge is 0.489 e. The van der Waals surface area contributed by atoms with E-state index in [1.807, 2.05) is 78.9 Å². The maximum Gasteiger partial charge on any atom is 0.303 e. The van der Waals surface area contributed by atoms with Gasteiger partial charge in [0.2, 0.25) is 0 Å². The number of hydrogen-bond donors (Lipinski definition) is 1. The summed E-state index contributed by atoms with van der Waals surface area (Å²) in [4.78, 5) is 10.7. The highest BCUT2D eigenvalue weighted by Gasteiger charge is 2.04. The third-order valence-electron chi connectivity index (χ3n) is 3.97. The Hall–Kier alpha value is -3.07. The molecule has 0 heterocycles. The molecular weight excluding hydrogens is 312 g/mol. The molecule has 126 valence electrons. The second kappa shape index (κ2) is 8.15. The van der Waals surface area contributed by atoms with E-state index in [0.29, 0.717) is 13.0 Å². The minimum atomic E-state index is -0.776. The van der Waals surface area contributed by atoms with Crippen LogP contribution >= 0.6 is 0 Å². The van der Waals surface area contributed by atoms with Gasteiger partial charge in [-0.15, -0.1) is 0 Å². The van der Waals surface area contributed by atoms with Crippen molar-refractivity contribution in [3.63, 3.8) is 0 Å². The summed E-state index contributed by atoms with van der Waals surface area (Å²) in [5.41, 5.74) is 4.27. The highest BCUT2D eigenvalue weighted by Crippen LogP contribution is 2.25. The zero-order valence-corrected chi connectivity index (χ0v) is 13.9. The van der Waals surface area contributed by atoms with E-state index < -0.39 is 5.97 Å². The van der Waals surface area contributed by atoms with E-state index in [9.17, 15) is 4.79 Å². The minimum absolute atomic E-state index is 0.143. The lowest BCUT2D eigenvalue weighted by molar-refractivity contribution is -0.136. The first-order valence-electron chi connectivity index (χ1n) is 8.28. The van der Waals surface area contributed by atoms with Crippen molar-refractivity contribution >= 4 is 5.97 Å². The average molecular weight is 332 g/mol. The van der Waals surface area contributed by atoms with Crippen LogP contribution in [-0.2, 0) is 17.8 Å². The first kappa shape index (κ1) is 16.8. The predicted octanol–water partition coefficient (Wildman–Crippen LogP) is 4.95. The Labute approximate surface area is 147 Å². The van der Waals surface area contributed by atoms with Gasteiger partial charge in [0.25, 0.3) is 0 Å². The molecule has 0 spiro atoms. The average Bonchev–Trinajstić information content (AvgIpc) is 2.66. The van der Waals surface area contributed by atoms with E-state index in [4.69, 9.17) is 9.84 Å². The molecule has 0 aliphatic carbocycles. The molecule has 3 rings (SSSR count). The maximum absolute atomic E-state index is 10.7. The van der Waals surface area contributed by atoms with Gasteiger partial charge in [-0.25, -0.2) is 0 Å². The smallest absolute Gasteiger partial charge is 0.303 e. The molecule has 0 atom stereocenters. The number of benzene rings is 3. The summed E-state index contributed by atoms with van der Waals surface area (Å²) in [6.45, 7) is 0.531. The van der Waals surface area contributed by atoms with Gasteiger partial charge in [0, 0.05) is 6.42 Å². The molecule has 0 saturated heterocycles. The van der Waals surface area contributed by atoms with Crippen molar-refractivity contribution in [2.75, 3.05) is 0 Å². The highest BCUT2D eigenvalue weighted by molar-refractivity contribution is 5.68. The summed E-state index contributed by atoms with van der Waals surface area (Å²) >= 11 is 0. The van der Waals surface area contributed by atoms with Gasteiger partial charge in [-0.05, 0) is 40.8 Å². The monoisotopic (exact) mass is 332 g/mol. The number of carboxylic acids is 1. The molecule has 0 fully saturated rings. The Morgan fingerprint density at radius 1 is 0.800 bits per heavy atom. The van der Waals surface area contributed by atoms with Crippen molar-refractivity contribution in [3.8, 4) is 16.9 Å². The number of rotatable bonds is 7. The highest BCUT2D eigenvalue weighted by atomic mass is 16.5. The second-order valence-corrected chi connectivity index (χ2v) is 5.90. The molecule has 1 N–H and O–H groups in total. The first-order chi connectivity index (χ1) is 12.2. The summed E-state index contributed by atoms with van der Waals surface area (Å²) in [7, 11) is 0. The van der Waals surface area contributed by atoms with Crippen LogP contribution in [0.2, 0.25) is 0 Å². The molecular formula is C22H20O3. The van der Waals surface area contributed by atoms with Crippen LogP contribution in [0.25, 0.3) is 11.1 Å². The molecule has 3 heteroatoms. The van der Waals surface area contributed by atoms with Gasteiger partial charge in [0.05, 0.1) is 0 Å². The van der Waals surface area contributed by atoms with E-state index in [1.165, 1.54) is 0 Å². The van der Waals surface area contributed by atoms with Crippen molar-refractivity contribution in [3.05, 3.63) is 90.0 Å². The molecule has 0 aromatic heterocycles. The SMILES string of the molecule is O=C(O)CCc1cccc(-c2cccc(OCc3ccccc3)c2)c1. The van der Waals surface area contributed by atoms with Gasteiger partial charge in [-0.1, -0.05) is 66.7 Å². The van der Waals surface area contributed by atoms with E-state index in [-0.39, 0.29) is 6.42 Å². The van der Waals surface area contributed by atoms with Crippen LogP contribution in [0, 0.1) is 0 Å². The zero-order valence-electron chi connectivity index (χ0n) is 13.9. The molecule has 25 heavy (non-hydrogen) atoms. The molecule has 0 unspecified atom stereocenters. The van der Waals surface area contributed by atoms with Gasteiger partial charge in [0.15, 0.2) is 0 Å². The Kier molecular flexibility index (Phi) is 5.47. The molecule has 3 nitrogen and oxygen atoms in total. The second-order valence-electron chi connectivity index (χ2n) is 5.90. The summed E-state index contributed by atoms with van der Waals surface area (Å²) in [5, 5.41) is 8.83. The normalized spacial score (nSPS) is 10.4. The van der Waals surface area contributed by atoms with Gasteiger partial charge >= 0.3 is 5.97 Å². The summed E-state index contributed by atoms with van der Waals surface area (Å²) in [6, 6.07) is 26.0. The fraction of sp³-hybridized carbons (Fsp3) is 0.136. The number of aryl methyl sites for hydroxylation is 1. The van der Waals surface area contributed by atoms with Crippen LogP contribution < -0.4 is 4.74 Å². The number of aliphatic carboxylic acids is 1. The molecule has 0 aliphatic rings. The lowest BCUT2D eigenvalue weighted by atomic mass is 10.0. The summed E-state index contributed by atoms with van der Waals surface area (Å²) < 4.78 is 5.89. The van der Waals surface area contributed by atoms with Crippen LogP contribution in [0.15, 0.2) is 78.9 Å². The Morgan fingerprint density at radius 3 is 2.24 bits per heavy atom. The van der Waals surface area contributed by atoms with Crippen molar-refractivity contribution in [1.82, 2.24) is 0 Å². The fourth-order valence-corrected chi connectivity index (χ4v) is 2.66. The molecule has 0 aliphatic heterocycles. The molecule has 0 saturated carbocycles. The van der Waals surface area contributed by atoms with Gasteiger partial charge in [0.1, 0.15) is 12.4 Å². The van der Waals surface area contributed by atoms with E-state index in [1.54, 1.807) is 0 Å². The van der Waals surface area contributed by atoms with Crippen molar-refractivity contribution < 1.29 is 14.6 Å². The molecule has 0 radical (unpaired) electrons. The van der Waals surface area contributed by atoms with Crippen molar-refractivity contribution in [2.45, 2.75) is 19.4 Å². The summed E-state index contributed by atoms with van der Waals surface area (Å²) in [5.74, 6) is 0.0407. The number of hydrogen-bond acceptors (Lipinski definition) is 2. The van der Waals surface area contributed by atoms with Crippen LogP contribution in [0.3, 0.4) is 0 Å². The van der Waals surface area contributed by atoms with E-state index in [2.05, 4.69) is 0 Å². The Bertz CT molecular complexity index is 841. The minimum Gasteiger partial charge on any atom is -0.489 e. The molecule has 0 bridgehead atoms. The number of ether oxygens (including phenoxy) is 1. The van der Waals surface area contributed by atoms with Gasteiger partial charge in [-0.2, -0.15) is 0 Å². The standard InChI is InChI=1S/C22H20O3/c23-22(24)13-12-17-8-4-9-19(14-17)20-10-5-11-21(15-20)25-16-18-6-2-1-3-7-18/h1-11,14-15H,12-13,16H2,(H,23,24). The third kappa shape index (κ3) is 4.95. The topological polar surface area (TPSA) is 46.5 Å². The Morgan fingerprint density at radius 2 is 1.48 bits per heavy atom. The number of carboxylic acid groups (broad SMARTS) is 1. The van der Waals surface area contributed by atoms with E-state index >= 15 is 0 Å². The van der Waals surface area contributed by atoms with Crippen LogP contribution in [0.1, 0.15) is 17.5 Å². The molecule has 3 aromatic carbocycles. The fourth-order valence-electron chi connectivity index (χ4n) is 2.66. The van der Waals surface area contributed by atoms with Crippen LogP contribution in [0.4, 0.5) is 0 Å². The zero-order chi connectivity index (χ0) is 17.5. The number of carbonyl (C=O) groups is 1.